The van der Waals surface area contributed by atoms with E-state index >= 15 is 0 Å². The van der Waals surface area contributed by atoms with Crippen molar-refractivity contribution in [1.29, 1.82) is 0 Å². The molecule has 144 valence electrons. The number of rotatable bonds is 6. The van der Waals surface area contributed by atoms with Crippen LogP contribution in [0.3, 0.4) is 0 Å². The Labute approximate surface area is 160 Å². The zero-order valence-corrected chi connectivity index (χ0v) is 16.3. The Morgan fingerprint density at radius 2 is 1.59 bits per heavy atom. The topological polar surface area (TPSA) is 69.7 Å². The highest BCUT2D eigenvalue weighted by Gasteiger charge is 2.28. The Bertz CT molecular complexity index is 859. The SMILES string of the molecule is Cc1ccc(S(=O)(=O)N2CCN(CCNC(=O)c3ccccc3)CC2)cc1. The van der Waals surface area contributed by atoms with Gasteiger partial charge in [-0.2, -0.15) is 4.31 Å². The van der Waals surface area contributed by atoms with Crippen molar-refractivity contribution in [3.63, 3.8) is 0 Å². The van der Waals surface area contributed by atoms with Gasteiger partial charge in [0.15, 0.2) is 0 Å². The average molecular weight is 388 g/mol. The summed E-state index contributed by atoms with van der Waals surface area (Å²) in [6.07, 6.45) is 0. The van der Waals surface area contributed by atoms with Crippen molar-refractivity contribution in [2.24, 2.45) is 0 Å². The molecule has 0 aliphatic carbocycles. The molecular formula is C20H25N3O3S. The lowest BCUT2D eigenvalue weighted by Gasteiger charge is -2.34. The average Bonchev–Trinajstić information content (AvgIpc) is 2.69. The van der Waals surface area contributed by atoms with Gasteiger partial charge in [0.1, 0.15) is 0 Å². The number of benzene rings is 2. The van der Waals surface area contributed by atoms with E-state index in [2.05, 4.69) is 10.2 Å². The minimum absolute atomic E-state index is 0.0869. The molecular weight excluding hydrogens is 362 g/mol. The molecule has 0 atom stereocenters. The molecule has 0 bridgehead atoms. The fraction of sp³-hybridized carbons (Fsp3) is 0.350. The van der Waals surface area contributed by atoms with Crippen LogP contribution in [0.4, 0.5) is 0 Å². The molecule has 0 unspecified atom stereocenters. The molecule has 1 aliphatic heterocycles. The molecule has 0 spiro atoms. The Kier molecular flexibility index (Phi) is 6.26. The second-order valence-corrected chi connectivity index (χ2v) is 8.62. The lowest BCUT2D eigenvalue weighted by atomic mass is 10.2. The Balaban J connectivity index is 1.46. The van der Waals surface area contributed by atoms with Crippen LogP contribution in [-0.4, -0.2) is 62.8 Å². The number of hydrogen-bond donors (Lipinski definition) is 1. The van der Waals surface area contributed by atoms with Gasteiger partial charge in [-0.1, -0.05) is 35.9 Å². The van der Waals surface area contributed by atoms with Gasteiger partial charge in [0.2, 0.25) is 10.0 Å². The maximum Gasteiger partial charge on any atom is 0.251 e. The van der Waals surface area contributed by atoms with Crippen LogP contribution in [0.15, 0.2) is 59.5 Å². The van der Waals surface area contributed by atoms with Gasteiger partial charge in [0.25, 0.3) is 5.91 Å². The maximum atomic E-state index is 12.7. The number of nitrogens with one attached hydrogen (secondary N) is 1. The highest BCUT2D eigenvalue weighted by molar-refractivity contribution is 7.89. The van der Waals surface area contributed by atoms with Gasteiger partial charge in [-0.25, -0.2) is 8.42 Å². The summed E-state index contributed by atoms with van der Waals surface area (Å²) in [6, 6.07) is 16.1. The monoisotopic (exact) mass is 387 g/mol. The Hall–Kier alpha value is -2.22. The van der Waals surface area contributed by atoms with Crippen LogP contribution < -0.4 is 5.32 Å². The smallest absolute Gasteiger partial charge is 0.251 e. The third-order valence-corrected chi connectivity index (χ3v) is 6.65. The van der Waals surface area contributed by atoms with Crippen molar-refractivity contribution in [1.82, 2.24) is 14.5 Å². The predicted molar refractivity (Wildman–Crippen MR) is 105 cm³/mol. The fourth-order valence-electron chi connectivity index (χ4n) is 3.07. The van der Waals surface area contributed by atoms with Crippen LogP contribution in [0.25, 0.3) is 0 Å². The van der Waals surface area contributed by atoms with Gasteiger partial charge >= 0.3 is 0 Å². The molecule has 3 rings (SSSR count). The van der Waals surface area contributed by atoms with Crippen molar-refractivity contribution in [3.05, 3.63) is 65.7 Å². The molecule has 1 N–H and O–H groups in total. The summed E-state index contributed by atoms with van der Waals surface area (Å²) >= 11 is 0. The van der Waals surface area contributed by atoms with Crippen molar-refractivity contribution in [2.45, 2.75) is 11.8 Å². The standard InChI is InChI=1S/C20H25N3O3S/c1-17-7-9-19(10-8-17)27(25,26)23-15-13-22(14-16-23)12-11-21-20(24)18-5-3-2-4-6-18/h2-10H,11-16H2,1H3,(H,21,24). The number of amides is 1. The van der Waals surface area contributed by atoms with Crippen molar-refractivity contribution < 1.29 is 13.2 Å². The first-order valence-corrected chi connectivity index (χ1v) is 10.5. The summed E-state index contributed by atoms with van der Waals surface area (Å²) in [5.74, 6) is -0.0869. The highest BCUT2D eigenvalue weighted by atomic mass is 32.2. The van der Waals surface area contributed by atoms with Crippen LogP contribution in [0.2, 0.25) is 0 Å². The molecule has 1 saturated heterocycles. The van der Waals surface area contributed by atoms with Crippen molar-refractivity contribution in [2.75, 3.05) is 39.3 Å². The molecule has 2 aromatic carbocycles. The van der Waals surface area contributed by atoms with Gasteiger partial charge in [-0.3, -0.25) is 9.69 Å². The molecule has 0 saturated carbocycles. The number of carbonyl (C=O) groups is 1. The number of hydrogen-bond acceptors (Lipinski definition) is 4. The Morgan fingerprint density at radius 3 is 2.22 bits per heavy atom. The third-order valence-electron chi connectivity index (χ3n) is 4.74. The van der Waals surface area contributed by atoms with E-state index in [9.17, 15) is 13.2 Å². The van der Waals surface area contributed by atoms with Crippen LogP contribution in [0, 0.1) is 6.92 Å². The van der Waals surface area contributed by atoms with Crippen LogP contribution >= 0.6 is 0 Å². The molecule has 1 aliphatic rings. The predicted octanol–water partition coefficient (Wildman–Crippen LogP) is 1.73. The third kappa shape index (κ3) is 4.94. The van der Waals surface area contributed by atoms with Gasteiger partial charge in [-0.05, 0) is 31.2 Å². The fourth-order valence-corrected chi connectivity index (χ4v) is 4.49. The maximum absolute atomic E-state index is 12.7. The quantitative estimate of drug-likeness (QED) is 0.820. The van der Waals surface area contributed by atoms with Crippen molar-refractivity contribution >= 4 is 15.9 Å². The molecule has 2 aromatic rings. The van der Waals surface area contributed by atoms with E-state index in [1.165, 1.54) is 4.31 Å². The van der Waals surface area contributed by atoms with E-state index in [4.69, 9.17) is 0 Å². The molecule has 1 amide bonds. The number of carbonyl (C=O) groups excluding carboxylic acids is 1. The van der Waals surface area contributed by atoms with E-state index in [0.717, 1.165) is 5.56 Å². The summed E-state index contributed by atoms with van der Waals surface area (Å²) in [7, 11) is -3.44. The van der Waals surface area contributed by atoms with E-state index in [1.807, 2.05) is 37.3 Å². The van der Waals surface area contributed by atoms with Gasteiger partial charge < -0.3 is 5.32 Å². The van der Waals surface area contributed by atoms with Gasteiger partial charge in [0, 0.05) is 44.8 Å². The van der Waals surface area contributed by atoms with E-state index < -0.39 is 10.0 Å². The van der Waals surface area contributed by atoms with Crippen LogP contribution in [-0.2, 0) is 10.0 Å². The molecule has 0 radical (unpaired) electrons. The summed E-state index contributed by atoms with van der Waals surface area (Å²) in [4.78, 5) is 14.6. The van der Waals surface area contributed by atoms with E-state index in [0.29, 0.717) is 49.7 Å². The molecule has 0 aromatic heterocycles. The number of aryl methyl sites for hydroxylation is 1. The summed E-state index contributed by atoms with van der Waals surface area (Å²) in [6.45, 7) is 5.42. The Morgan fingerprint density at radius 1 is 0.963 bits per heavy atom. The first-order chi connectivity index (χ1) is 13.0. The van der Waals surface area contributed by atoms with Crippen LogP contribution in [0.5, 0.6) is 0 Å². The number of sulfonamides is 1. The molecule has 7 heteroatoms. The molecule has 1 fully saturated rings. The molecule has 6 nitrogen and oxygen atoms in total. The first kappa shape index (κ1) is 19.5. The zero-order chi connectivity index (χ0) is 19.3. The second-order valence-electron chi connectivity index (χ2n) is 6.68. The van der Waals surface area contributed by atoms with Gasteiger partial charge in [0.05, 0.1) is 4.90 Å². The highest BCUT2D eigenvalue weighted by Crippen LogP contribution is 2.18. The largest absolute Gasteiger partial charge is 0.351 e. The first-order valence-electron chi connectivity index (χ1n) is 9.09. The van der Waals surface area contributed by atoms with E-state index in [-0.39, 0.29) is 5.91 Å². The van der Waals surface area contributed by atoms with E-state index in [1.54, 1.807) is 24.3 Å². The summed E-state index contributed by atoms with van der Waals surface area (Å²) < 4.78 is 27.0. The lowest BCUT2D eigenvalue weighted by molar-refractivity contribution is 0.0945. The lowest BCUT2D eigenvalue weighted by Crippen LogP contribution is -2.50. The summed E-state index contributed by atoms with van der Waals surface area (Å²) in [5, 5.41) is 2.91. The molecule has 27 heavy (non-hydrogen) atoms. The second kappa shape index (κ2) is 8.65. The summed E-state index contributed by atoms with van der Waals surface area (Å²) in [5.41, 5.74) is 1.68. The van der Waals surface area contributed by atoms with Crippen LogP contribution in [0.1, 0.15) is 15.9 Å². The van der Waals surface area contributed by atoms with Gasteiger partial charge in [-0.15, -0.1) is 0 Å². The van der Waals surface area contributed by atoms with Crippen molar-refractivity contribution in [3.8, 4) is 0 Å². The molecule has 1 heterocycles. The number of piperazine rings is 1. The zero-order valence-electron chi connectivity index (χ0n) is 15.5. The number of nitrogens with zero attached hydrogens (tertiary/aromatic N) is 2. The normalized spacial score (nSPS) is 16.2. The minimum atomic E-state index is -3.44. The minimum Gasteiger partial charge on any atom is -0.351 e.